The van der Waals surface area contributed by atoms with Gasteiger partial charge in [-0.2, -0.15) is 0 Å². The van der Waals surface area contributed by atoms with Crippen molar-refractivity contribution >= 4 is 11.6 Å². The van der Waals surface area contributed by atoms with Crippen LogP contribution >= 0.6 is 11.6 Å². The van der Waals surface area contributed by atoms with Crippen molar-refractivity contribution in [3.8, 4) is 0 Å². The second kappa shape index (κ2) is 6.67. The molecule has 0 N–H and O–H groups in total. The maximum absolute atomic E-state index is 5.92. The largest absolute Gasteiger partial charge is 0.241 e. The highest BCUT2D eigenvalue weighted by Gasteiger charge is 2.10. The van der Waals surface area contributed by atoms with E-state index in [1.807, 2.05) is 12.3 Å². The Hall–Kier alpha value is -1.41. The number of hydrogen-bond acceptors (Lipinski definition) is 2. The van der Waals surface area contributed by atoms with Crippen LogP contribution in [0.25, 0.3) is 0 Å². The summed E-state index contributed by atoms with van der Waals surface area (Å²) in [5.41, 5.74) is 3.44. The van der Waals surface area contributed by atoms with Crippen LogP contribution in [0.4, 0.5) is 0 Å². The van der Waals surface area contributed by atoms with E-state index in [0.717, 1.165) is 29.9 Å². The van der Waals surface area contributed by atoms with Crippen LogP contribution in [0.1, 0.15) is 42.4 Å². The van der Waals surface area contributed by atoms with Crippen molar-refractivity contribution in [3.05, 3.63) is 59.2 Å². The zero-order chi connectivity index (χ0) is 13.7. The molecule has 0 fully saturated rings. The Labute approximate surface area is 119 Å². The predicted octanol–water partition coefficient (Wildman–Crippen LogP) is 4.12. The van der Waals surface area contributed by atoms with Crippen molar-refractivity contribution in [2.75, 3.05) is 0 Å². The molecule has 2 aromatic rings. The van der Waals surface area contributed by atoms with E-state index in [0.29, 0.717) is 11.8 Å². The Bertz CT molecular complexity index is 524. The quantitative estimate of drug-likeness (QED) is 0.767. The van der Waals surface area contributed by atoms with E-state index in [-0.39, 0.29) is 0 Å². The van der Waals surface area contributed by atoms with Crippen LogP contribution in [-0.2, 0) is 18.7 Å². The first-order chi connectivity index (χ1) is 9.20. The maximum atomic E-state index is 5.92. The summed E-state index contributed by atoms with van der Waals surface area (Å²) in [6, 6.07) is 10.4. The number of aromatic nitrogens is 2. The molecule has 19 heavy (non-hydrogen) atoms. The number of aryl methyl sites for hydroxylation is 2. The van der Waals surface area contributed by atoms with Gasteiger partial charge in [-0.25, -0.2) is 9.97 Å². The van der Waals surface area contributed by atoms with Crippen LogP contribution < -0.4 is 0 Å². The second-order valence-corrected chi connectivity index (χ2v) is 5.24. The van der Waals surface area contributed by atoms with E-state index in [9.17, 15) is 0 Å². The van der Waals surface area contributed by atoms with Gasteiger partial charge in [0.15, 0.2) is 0 Å². The lowest BCUT2D eigenvalue weighted by Crippen LogP contribution is -2.06. The lowest BCUT2D eigenvalue weighted by molar-refractivity contribution is 0.758. The zero-order valence-electron chi connectivity index (χ0n) is 11.4. The molecule has 0 atom stereocenters. The molecule has 1 heterocycles. The number of halogens is 1. The number of hydrogen-bond donors (Lipinski definition) is 0. The first kappa shape index (κ1) is 14.0. The number of alkyl halides is 1. The van der Waals surface area contributed by atoms with Gasteiger partial charge in [-0.05, 0) is 17.9 Å². The van der Waals surface area contributed by atoms with Crippen LogP contribution in [0.2, 0.25) is 0 Å². The summed E-state index contributed by atoms with van der Waals surface area (Å²) in [6.45, 7) is 4.28. The van der Waals surface area contributed by atoms with Crippen molar-refractivity contribution in [1.82, 2.24) is 9.97 Å². The minimum absolute atomic E-state index is 0.382. The van der Waals surface area contributed by atoms with Crippen molar-refractivity contribution in [3.63, 3.8) is 0 Å². The first-order valence-corrected chi connectivity index (χ1v) is 7.18. The summed E-state index contributed by atoms with van der Waals surface area (Å²) >= 11 is 5.92. The van der Waals surface area contributed by atoms with Gasteiger partial charge in [0.25, 0.3) is 0 Å². The SMILES string of the molecule is CC(C)c1nc(CCc2ccccc2)ncc1CCl. The third-order valence-electron chi connectivity index (χ3n) is 3.12. The average Bonchev–Trinajstić information content (AvgIpc) is 2.46. The molecular weight excluding hydrogens is 256 g/mol. The molecule has 3 heteroatoms. The molecule has 0 unspecified atom stereocenters. The molecular formula is C16H19ClN2. The first-order valence-electron chi connectivity index (χ1n) is 6.65. The minimum Gasteiger partial charge on any atom is -0.241 e. The molecule has 0 aliphatic rings. The highest BCUT2D eigenvalue weighted by Crippen LogP contribution is 2.18. The summed E-state index contributed by atoms with van der Waals surface area (Å²) in [7, 11) is 0. The van der Waals surface area contributed by atoms with Crippen molar-refractivity contribution in [2.45, 2.75) is 38.5 Å². The fraction of sp³-hybridized carbons (Fsp3) is 0.375. The van der Waals surface area contributed by atoms with E-state index in [1.165, 1.54) is 5.56 Å². The van der Waals surface area contributed by atoms with Crippen LogP contribution in [0.5, 0.6) is 0 Å². The minimum atomic E-state index is 0.382. The maximum Gasteiger partial charge on any atom is 0.128 e. The van der Waals surface area contributed by atoms with Gasteiger partial charge < -0.3 is 0 Å². The highest BCUT2D eigenvalue weighted by atomic mass is 35.5. The van der Waals surface area contributed by atoms with Gasteiger partial charge in [0.2, 0.25) is 0 Å². The molecule has 2 nitrogen and oxygen atoms in total. The summed E-state index contributed by atoms with van der Waals surface area (Å²) < 4.78 is 0. The van der Waals surface area contributed by atoms with Gasteiger partial charge in [0, 0.05) is 18.2 Å². The highest BCUT2D eigenvalue weighted by molar-refractivity contribution is 6.17. The average molecular weight is 275 g/mol. The molecule has 0 radical (unpaired) electrons. The molecule has 0 bridgehead atoms. The summed E-state index contributed by atoms with van der Waals surface area (Å²) in [4.78, 5) is 9.07. The topological polar surface area (TPSA) is 25.8 Å². The molecule has 100 valence electrons. The van der Waals surface area contributed by atoms with Crippen molar-refractivity contribution in [1.29, 1.82) is 0 Å². The Morgan fingerprint density at radius 2 is 1.84 bits per heavy atom. The van der Waals surface area contributed by atoms with Crippen molar-refractivity contribution in [2.24, 2.45) is 0 Å². The number of rotatable bonds is 5. The fourth-order valence-electron chi connectivity index (χ4n) is 2.08. The van der Waals surface area contributed by atoms with Gasteiger partial charge in [-0.3, -0.25) is 0 Å². The van der Waals surface area contributed by atoms with Crippen LogP contribution in [-0.4, -0.2) is 9.97 Å². The molecule has 0 aliphatic heterocycles. The normalized spacial score (nSPS) is 10.9. The van der Waals surface area contributed by atoms with Crippen molar-refractivity contribution < 1.29 is 0 Å². The van der Waals surface area contributed by atoms with E-state index in [2.05, 4.69) is 48.1 Å². The number of benzene rings is 1. The van der Waals surface area contributed by atoms with Gasteiger partial charge >= 0.3 is 0 Å². The Kier molecular flexibility index (Phi) is 4.92. The van der Waals surface area contributed by atoms with E-state index >= 15 is 0 Å². The van der Waals surface area contributed by atoms with Crippen LogP contribution in [0, 0.1) is 0 Å². The van der Waals surface area contributed by atoms with Gasteiger partial charge in [0.1, 0.15) is 5.82 Å². The monoisotopic (exact) mass is 274 g/mol. The van der Waals surface area contributed by atoms with Crippen LogP contribution in [0.15, 0.2) is 36.5 Å². The summed E-state index contributed by atoms with van der Waals surface area (Å²) in [6.07, 6.45) is 3.71. The second-order valence-electron chi connectivity index (χ2n) is 4.97. The lowest BCUT2D eigenvalue weighted by atomic mass is 10.1. The van der Waals surface area contributed by atoms with E-state index < -0.39 is 0 Å². The molecule has 0 saturated carbocycles. The Balaban J connectivity index is 2.11. The molecule has 0 aliphatic carbocycles. The molecule has 1 aromatic carbocycles. The van der Waals surface area contributed by atoms with Gasteiger partial charge in [-0.15, -0.1) is 11.6 Å². The molecule has 0 saturated heterocycles. The Morgan fingerprint density at radius 1 is 1.11 bits per heavy atom. The molecule has 0 amide bonds. The standard InChI is InChI=1S/C16H19ClN2/c1-12(2)16-14(10-17)11-18-15(19-16)9-8-13-6-4-3-5-7-13/h3-7,11-12H,8-10H2,1-2H3. The Morgan fingerprint density at radius 3 is 2.47 bits per heavy atom. The third-order valence-corrected chi connectivity index (χ3v) is 3.41. The smallest absolute Gasteiger partial charge is 0.128 e. The van der Waals surface area contributed by atoms with Gasteiger partial charge in [0.05, 0.1) is 11.6 Å². The molecule has 0 spiro atoms. The molecule has 2 rings (SSSR count). The zero-order valence-corrected chi connectivity index (χ0v) is 12.2. The van der Waals surface area contributed by atoms with E-state index in [1.54, 1.807) is 0 Å². The third kappa shape index (κ3) is 3.77. The summed E-state index contributed by atoms with van der Waals surface area (Å²) in [5, 5.41) is 0. The van der Waals surface area contributed by atoms with Gasteiger partial charge in [-0.1, -0.05) is 44.2 Å². The van der Waals surface area contributed by atoms with Crippen LogP contribution in [0.3, 0.4) is 0 Å². The lowest BCUT2D eigenvalue weighted by Gasteiger charge is -2.11. The summed E-state index contributed by atoms with van der Waals surface area (Å²) in [5.74, 6) is 1.76. The number of nitrogens with zero attached hydrogens (tertiary/aromatic N) is 2. The fourth-order valence-corrected chi connectivity index (χ4v) is 2.29. The molecule has 1 aromatic heterocycles. The van der Waals surface area contributed by atoms with E-state index in [4.69, 9.17) is 11.6 Å². The predicted molar refractivity (Wildman–Crippen MR) is 79.5 cm³/mol.